The lowest BCUT2D eigenvalue weighted by Gasteiger charge is -2.23. The molecule has 0 atom stereocenters. The Balaban J connectivity index is 1.53. The lowest BCUT2D eigenvalue weighted by atomic mass is 9.98. The fourth-order valence-electron chi connectivity index (χ4n) is 4.53. The highest BCUT2D eigenvalue weighted by atomic mass is 19.1. The standard InChI is InChI=1S/C30H32FN3O5/c1-39-27-11-9-23(19-25(27)31)30(38)34-15-3-7-28(36)32-14-12-20-8-10-26(35)24(17-20)21-5-2-6-22(18-21)29(37)33-13-4-16-34/h2,5-6,8-11,17-19,35H,3-4,7,12-16H2,1H3,(H,32,36)(H,33,37). The van der Waals surface area contributed by atoms with Gasteiger partial charge in [-0.2, -0.15) is 0 Å². The summed E-state index contributed by atoms with van der Waals surface area (Å²) in [4.78, 5) is 40.1. The number of rotatable bonds is 2. The van der Waals surface area contributed by atoms with Gasteiger partial charge in [0.25, 0.3) is 11.8 Å². The molecule has 4 rings (SSSR count). The third-order valence-electron chi connectivity index (χ3n) is 6.64. The molecule has 0 unspecified atom stereocenters. The molecule has 1 aliphatic heterocycles. The van der Waals surface area contributed by atoms with Gasteiger partial charge < -0.3 is 25.4 Å². The first-order chi connectivity index (χ1) is 18.9. The summed E-state index contributed by atoms with van der Waals surface area (Å²) in [5, 5.41) is 16.2. The van der Waals surface area contributed by atoms with Crippen molar-refractivity contribution in [2.45, 2.75) is 25.7 Å². The van der Waals surface area contributed by atoms with Crippen LogP contribution in [0.3, 0.4) is 0 Å². The summed E-state index contributed by atoms with van der Waals surface area (Å²) in [5.74, 6) is -1.24. The zero-order valence-electron chi connectivity index (χ0n) is 21.8. The normalized spacial score (nSPS) is 15.3. The highest BCUT2D eigenvalue weighted by molar-refractivity contribution is 5.96. The zero-order valence-corrected chi connectivity index (χ0v) is 21.8. The number of hydrogen-bond donors (Lipinski definition) is 3. The molecule has 0 aliphatic carbocycles. The van der Waals surface area contributed by atoms with Crippen molar-refractivity contribution < 1.29 is 28.6 Å². The maximum absolute atomic E-state index is 14.3. The summed E-state index contributed by atoms with van der Waals surface area (Å²) < 4.78 is 19.2. The topological polar surface area (TPSA) is 108 Å². The molecule has 4 bridgehead atoms. The van der Waals surface area contributed by atoms with Crippen molar-refractivity contribution in [1.82, 2.24) is 15.5 Å². The number of methoxy groups -OCH3 is 1. The minimum atomic E-state index is -0.631. The second-order valence-electron chi connectivity index (χ2n) is 9.39. The van der Waals surface area contributed by atoms with Gasteiger partial charge >= 0.3 is 0 Å². The van der Waals surface area contributed by atoms with Crippen LogP contribution in [0.1, 0.15) is 45.5 Å². The fourth-order valence-corrected chi connectivity index (χ4v) is 4.53. The van der Waals surface area contributed by atoms with Gasteiger partial charge in [0.1, 0.15) is 5.75 Å². The van der Waals surface area contributed by atoms with Crippen LogP contribution in [0.25, 0.3) is 11.1 Å². The van der Waals surface area contributed by atoms with Gasteiger partial charge in [0.05, 0.1) is 7.11 Å². The van der Waals surface area contributed by atoms with Gasteiger partial charge in [0.2, 0.25) is 5.91 Å². The molecular weight excluding hydrogens is 501 g/mol. The van der Waals surface area contributed by atoms with Crippen LogP contribution >= 0.6 is 0 Å². The summed E-state index contributed by atoms with van der Waals surface area (Å²) in [6, 6.07) is 16.3. The number of ether oxygens (including phenoxy) is 1. The number of phenolic OH excluding ortho intramolecular Hbond substituents is 1. The monoisotopic (exact) mass is 533 g/mol. The maximum Gasteiger partial charge on any atom is 0.253 e. The zero-order chi connectivity index (χ0) is 27.8. The van der Waals surface area contributed by atoms with E-state index in [0.717, 1.165) is 11.6 Å². The minimum absolute atomic E-state index is 0.0483. The SMILES string of the molecule is COc1ccc(C(=O)N2CCCNC(=O)c3cccc(c3)-c3cc(ccc3O)CCNC(=O)CCC2)cc1F. The molecular formula is C30H32FN3O5. The molecule has 204 valence electrons. The molecule has 8 nitrogen and oxygen atoms in total. The lowest BCUT2D eigenvalue weighted by molar-refractivity contribution is -0.121. The number of benzene rings is 3. The first kappa shape index (κ1) is 27.6. The molecule has 3 N–H and O–H groups in total. The predicted molar refractivity (Wildman–Crippen MR) is 145 cm³/mol. The Morgan fingerprint density at radius 3 is 2.51 bits per heavy atom. The molecule has 1 heterocycles. The predicted octanol–water partition coefficient (Wildman–Crippen LogP) is 3.92. The van der Waals surface area contributed by atoms with Crippen molar-refractivity contribution in [3.63, 3.8) is 0 Å². The van der Waals surface area contributed by atoms with Crippen LogP contribution in [-0.2, 0) is 11.2 Å². The average Bonchev–Trinajstić information content (AvgIpc) is 2.94. The van der Waals surface area contributed by atoms with E-state index in [9.17, 15) is 23.9 Å². The maximum atomic E-state index is 14.3. The van der Waals surface area contributed by atoms with E-state index in [0.29, 0.717) is 62.1 Å². The third kappa shape index (κ3) is 7.13. The number of fused-ring (bicyclic) bond motifs is 5. The highest BCUT2D eigenvalue weighted by Gasteiger charge is 2.18. The molecule has 0 spiro atoms. The fraction of sp³-hybridized carbons (Fsp3) is 0.300. The van der Waals surface area contributed by atoms with Gasteiger partial charge in [0.15, 0.2) is 11.6 Å². The Morgan fingerprint density at radius 2 is 1.72 bits per heavy atom. The molecule has 39 heavy (non-hydrogen) atoms. The Labute approximate surface area is 226 Å². The van der Waals surface area contributed by atoms with Crippen LogP contribution in [0.5, 0.6) is 11.5 Å². The summed E-state index contributed by atoms with van der Waals surface area (Å²) in [5.41, 5.74) is 2.87. The molecule has 0 saturated heterocycles. The summed E-state index contributed by atoms with van der Waals surface area (Å²) >= 11 is 0. The first-order valence-corrected chi connectivity index (χ1v) is 13.0. The molecule has 9 heteroatoms. The molecule has 1 aliphatic rings. The number of aromatic hydroxyl groups is 1. The number of hydrogen-bond acceptors (Lipinski definition) is 5. The van der Waals surface area contributed by atoms with E-state index < -0.39 is 5.82 Å². The molecule has 0 radical (unpaired) electrons. The van der Waals surface area contributed by atoms with Gasteiger partial charge in [-0.1, -0.05) is 18.2 Å². The number of nitrogens with zero attached hydrogens (tertiary/aromatic N) is 1. The van der Waals surface area contributed by atoms with Crippen LogP contribution in [0, 0.1) is 5.82 Å². The van der Waals surface area contributed by atoms with Crippen LogP contribution in [0.4, 0.5) is 4.39 Å². The Hall–Kier alpha value is -4.40. The number of amides is 3. The number of carbonyl (C=O) groups is 3. The number of halogens is 1. The Morgan fingerprint density at radius 1 is 0.923 bits per heavy atom. The summed E-state index contributed by atoms with van der Waals surface area (Å²) in [6.07, 6.45) is 1.68. The summed E-state index contributed by atoms with van der Waals surface area (Å²) in [6.45, 7) is 1.34. The molecule has 0 aromatic heterocycles. The van der Waals surface area contributed by atoms with Gasteiger partial charge in [-0.05, 0) is 72.9 Å². The van der Waals surface area contributed by atoms with E-state index in [1.54, 1.807) is 35.2 Å². The average molecular weight is 534 g/mol. The van der Waals surface area contributed by atoms with Crippen molar-refractivity contribution in [2.75, 3.05) is 33.3 Å². The largest absolute Gasteiger partial charge is 0.507 e. The molecule has 3 amide bonds. The minimum Gasteiger partial charge on any atom is -0.507 e. The van der Waals surface area contributed by atoms with Crippen molar-refractivity contribution in [3.05, 3.63) is 83.2 Å². The van der Waals surface area contributed by atoms with Gasteiger partial charge in [-0.25, -0.2) is 4.39 Å². The quantitative estimate of drug-likeness (QED) is 0.463. The van der Waals surface area contributed by atoms with Crippen molar-refractivity contribution >= 4 is 17.7 Å². The van der Waals surface area contributed by atoms with Crippen molar-refractivity contribution in [1.29, 1.82) is 0 Å². The first-order valence-electron chi connectivity index (χ1n) is 13.0. The molecule has 3 aromatic carbocycles. The van der Waals surface area contributed by atoms with Crippen LogP contribution < -0.4 is 15.4 Å². The Kier molecular flexibility index (Phi) is 9.14. The third-order valence-corrected chi connectivity index (χ3v) is 6.64. The van der Waals surface area contributed by atoms with Gasteiger partial charge in [0, 0.05) is 49.3 Å². The van der Waals surface area contributed by atoms with E-state index in [2.05, 4.69) is 10.6 Å². The van der Waals surface area contributed by atoms with Gasteiger partial charge in [-0.3, -0.25) is 14.4 Å². The number of carbonyl (C=O) groups excluding carboxylic acids is 3. The summed E-state index contributed by atoms with van der Waals surface area (Å²) in [7, 11) is 1.35. The smallest absolute Gasteiger partial charge is 0.253 e. The van der Waals surface area contributed by atoms with Crippen LogP contribution in [0.2, 0.25) is 0 Å². The van der Waals surface area contributed by atoms with E-state index in [1.807, 2.05) is 12.1 Å². The second kappa shape index (κ2) is 12.9. The van der Waals surface area contributed by atoms with Crippen LogP contribution in [-0.4, -0.2) is 61.0 Å². The molecule has 3 aromatic rings. The molecule has 0 fully saturated rings. The van der Waals surface area contributed by atoms with E-state index in [-0.39, 0.29) is 41.2 Å². The van der Waals surface area contributed by atoms with Gasteiger partial charge in [-0.15, -0.1) is 0 Å². The van der Waals surface area contributed by atoms with E-state index in [4.69, 9.17) is 4.74 Å². The van der Waals surface area contributed by atoms with Crippen molar-refractivity contribution in [2.24, 2.45) is 0 Å². The van der Waals surface area contributed by atoms with E-state index in [1.165, 1.54) is 19.2 Å². The Bertz CT molecular complexity index is 1360. The number of nitrogens with one attached hydrogen (secondary N) is 2. The van der Waals surface area contributed by atoms with Crippen molar-refractivity contribution in [3.8, 4) is 22.6 Å². The lowest BCUT2D eigenvalue weighted by Crippen LogP contribution is -2.36. The highest BCUT2D eigenvalue weighted by Crippen LogP contribution is 2.31. The van der Waals surface area contributed by atoms with E-state index >= 15 is 0 Å². The number of phenols is 1. The van der Waals surface area contributed by atoms with Crippen LogP contribution in [0.15, 0.2) is 60.7 Å². The second-order valence-corrected chi connectivity index (χ2v) is 9.39. The molecule has 0 saturated carbocycles.